The molecule has 1 aromatic carbocycles. The van der Waals surface area contributed by atoms with Gasteiger partial charge in [0.1, 0.15) is 0 Å². The van der Waals surface area contributed by atoms with Crippen molar-refractivity contribution in [1.82, 2.24) is 4.90 Å². The smallest absolute Gasteiger partial charge is 0.416 e. The van der Waals surface area contributed by atoms with Gasteiger partial charge in [-0.25, -0.2) is 0 Å². The Balaban J connectivity index is 1.91. The molecule has 3 rings (SSSR count). The molecule has 1 atom stereocenters. The maximum Gasteiger partial charge on any atom is 0.416 e. The van der Waals surface area contributed by atoms with Gasteiger partial charge in [0.25, 0.3) is 0 Å². The van der Waals surface area contributed by atoms with Gasteiger partial charge in [0.05, 0.1) is 16.4 Å². The Labute approximate surface area is 147 Å². The van der Waals surface area contributed by atoms with Crippen LogP contribution in [0, 0.1) is 5.41 Å². The first-order valence-corrected chi connectivity index (χ1v) is 8.27. The van der Waals surface area contributed by atoms with Gasteiger partial charge >= 0.3 is 12.1 Å². The van der Waals surface area contributed by atoms with Gasteiger partial charge in [0, 0.05) is 18.1 Å². The second-order valence-corrected chi connectivity index (χ2v) is 7.52. The van der Waals surface area contributed by atoms with Crippen molar-refractivity contribution in [2.24, 2.45) is 5.41 Å². The fourth-order valence-corrected chi connectivity index (χ4v) is 3.70. The molecule has 1 saturated heterocycles. The molecule has 1 heterocycles. The second-order valence-electron chi connectivity index (χ2n) is 7.12. The summed E-state index contributed by atoms with van der Waals surface area (Å²) < 4.78 is 39.0. The summed E-state index contributed by atoms with van der Waals surface area (Å²) >= 11 is 6.10. The van der Waals surface area contributed by atoms with Gasteiger partial charge in [-0.15, -0.1) is 0 Å². The van der Waals surface area contributed by atoms with Gasteiger partial charge < -0.3 is 10.0 Å². The normalized spacial score (nSPS) is 25.1. The van der Waals surface area contributed by atoms with Crippen LogP contribution in [0.25, 0.3) is 0 Å². The van der Waals surface area contributed by atoms with Crippen molar-refractivity contribution >= 4 is 23.5 Å². The Morgan fingerprint density at radius 3 is 2.36 bits per heavy atom. The van der Waals surface area contributed by atoms with Gasteiger partial charge in [-0.05, 0) is 49.9 Å². The highest BCUT2D eigenvalue weighted by molar-refractivity contribution is 6.32. The third-order valence-corrected chi connectivity index (χ3v) is 5.58. The highest BCUT2D eigenvalue weighted by Gasteiger charge is 2.56. The van der Waals surface area contributed by atoms with Crippen LogP contribution < -0.4 is 0 Å². The Morgan fingerprint density at radius 2 is 1.88 bits per heavy atom. The van der Waals surface area contributed by atoms with Crippen molar-refractivity contribution in [3.8, 4) is 0 Å². The lowest BCUT2D eigenvalue weighted by atomic mass is 9.90. The number of carbonyl (C=O) groups is 2. The highest BCUT2D eigenvalue weighted by atomic mass is 35.5. The minimum atomic E-state index is -4.52. The fourth-order valence-electron chi connectivity index (χ4n) is 3.40. The van der Waals surface area contributed by atoms with E-state index in [-0.39, 0.29) is 29.6 Å². The first-order valence-electron chi connectivity index (χ1n) is 7.90. The predicted octanol–water partition coefficient (Wildman–Crippen LogP) is 3.71. The van der Waals surface area contributed by atoms with E-state index in [2.05, 4.69) is 0 Å². The molecule has 1 amide bonds. The molecule has 25 heavy (non-hydrogen) atoms. The quantitative estimate of drug-likeness (QED) is 0.876. The van der Waals surface area contributed by atoms with Crippen molar-refractivity contribution in [1.29, 1.82) is 0 Å². The van der Waals surface area contributed by atoms with Crippen LogP contribution in [0.2, 0.25) is 5.02 Å². The molecule has 0 spiro atoms. The number of halogens is 4. The third kappa shape index (κ3) is 2.99. The van der Waals surface area contributed by atoms with E-state index in [0.717, 1.165) is 12.1 Å². The average Bonchev–Trinajstić information content (AvgIpc) is 3.22. The van der Waals surface area contributed by atoms with Crippen molar-refractivity contribution in [2.45, 2.75) is 37.8 Å². The maximum absolute atomic E-state index is 13.0. The van der Waals surface area contributed by atoms with E-state index in [1.54, 1.807) is 6.92 Å². The summed E-state index contributed by atoms with van der Waals surface area (Å²) in [6.45, 7) is 1.90. The largest absolute Gasteiger partial charge is 0.481 e. The molecule has 0 radical (unpaired) electrons. The number of aliphatic carboxylic acids is 1. The zero-order valence-electron chi connectivity index (χ0n) is 13.5. The summed E-state index contributed by atoms with van der Waals surface area (Å²) in [5, 5.41) is 9.42. The molecular formula is C17H17ClF3NO3. The lowest BCUT2D eigenvalue weighted by molar-refractivity contribution is -0.147. The number of rotatable bonds is 3. The minimum absolute atomic E-state index is 0.0551. The lowest BCUT2D eigenvalue weighted by Crippen LogP contribution is -2.40. The van der Waals surface area contributed by atoms with Crippen molar-refractivity contribution in [2.75, 3.05) is 13.1 Å². The monoisotopic (exact) mass is 375 g/mol. The van der Waals surface area contributed by atoms with E-state index in [0.29, 0.717) is 19.3 Å². The topological polar surface area (TPSA) is 57.6 Å². The molecule has 0 aromatic heterocycles. The molecular weight excluding hydrogens is 359 g/mol. The molecule has 1 unspecified atom stereocenters. The van der Waals surface area contributed by atoms with E-state index in [1.807, 2.05) is 0 Å². The summed E-state index contributed by atoms with van der Waals surface area (Å²) in [5.74, 6) is -1.32. The Hall–Kier alpha value is -1.76. The molecule has 136 valence electrons. The summed E-state index contributed by atoms with van der Waals surface area (Å²) in [6.07, 6.45) is -3.38. The van der Waals surface area contributed by atoms with E-state index >= 15 is 0 Å². The van der Waals surface area contributed by atoms with Crippen LogP contribution in [0.5, 0.6) is 0 Å². The number of likely N-dealkylation sites (tertiary alicyclic amines) is 1. The Kier molecular flexibility index (Phi) is 4.06. The van der Waals surface area contributed by atoms with Crippen LogP contribution >= 0.6 is 11.6 Å². The zero-order chi connectivity index (χ0) is 18.6. The van der Waals surface area contributed by atoms with Crippen LogP contribution in [-0.4, -0.2) is 35.0 Å². The number of amides is 1. The minimum Gasteiger partial charge on any atom is -0.481 e. The summed E-state index contributed by atoms with van der Waals surface area (Å²) in [4.78, 5) is 25.7. The number of alkyl halides is 3. The summed E-state index contributed by atoms with van der Waals surface area (Å²) in [7, 11) is 0. The predicted molar refractivity (Wildman–Crippen MR) is 84.3 cm³/mol. The molecule has 8 heteroatoms. The second kappa shape index (κ2) is 5.62. The van der Waals surface area contributed by atoms with Gasteiger partial charge in [-0.2, -0.15) is 13.2 Å². The van der Waals surface area contributed by atoms with E-state index in [4.69, 9.17) is 11.6 Å². The average molecular weight is 376 g/mol. The van der Waals surface area contributed by atoms with E-state index in [1.165, 1.54) is 11.0 Å². The van der Waals surface area contributed by atoms with Crippen LogP contribution in [0.15, 0.2) is 18.2 Å². The molecule has 1 aliphatic carbocycles. The van der Waals surface area contributed by atoms with Crippen LogP contribution in [0.3, 0.4) is 0 Å². The molecule has 1 aromatic rings. The first kappa shape index (κ1) is 18.0. The van der Waals surface area contributed by atoms with Gasteiger partial charge in [-0.1, -0.05) is 11.6 Å². The third-order valence-electron chi connectivity index (χ3n) is 5.25. The van der Waals surface area contributed by atoms with Crippen molar-refractivity contribution in [3.05, 3.63) is 34.3 Å². The summed E-state index contributed by atoms with van der Waals surface area (Å²) in [6, 6.07) is 3.00. The first-order chi connectivity index (χ1) is 11.5. The lowest BCUT2D eigenvalue weighted by Gasteiger charge is -2.26. The Bertz CT molecular complexity index is 745. The molecule has 2 fully saturated rings. The number of hydrogen-bond acceptors (Lipinski definition) is 2. The molecule has 0 bridgehead atoms. The van der Waals surface area contributed by atoms with Crippen molar-refractivity contribution < 1.29 is 27.9 Å². The molecule has 2 aliphatic rings. The summed E-state index contributed by atoms with van der Waals surface area (Å²) in [5.41, 5.74) is -2.76. The molecule has 1 aliphatic heterocycles. The number of carboxylic acid groups (broad SMARTS) is 1. The molecule has 1 N–H and O–H groups in total. The van der Waals surface area contributed by atoms with Gasteiger partial charge in [0.2, 0.25) is 5.91 Å². The number of carbonyl (C=O) groups excluding carboxylic acids is 1. The SMILES string of the molecule is CC1(C(=O)O)CCN(C(=O)C2(c3cc(C(F)(F)F)ccc3Cl)CC2)C1. The Morgan fingerprint density at radius 1 is 1.24 bits per heavy atom. The van der Waals surface area contributed by atoms with Crippen LogP contribution in [-0.2, 0) is 21.2 Å². The maximum atomic E-state index is 13.0. The van der Waals surface area contributed by atoms with Crippen molar-refractivity contribution in [3.63, 3.8) is 0 Å². The van der Waals surface area contributed by atoms with Gasteiger partial charge in [0.15, 0.2) is 0 Å². The van der Waals surface area contributed by atoms with E-state index in [9.17, 15) is 27.9 Å². The van der Waals surface area contributed by atoms with Gasteiger partial charge in [-0.3, -0.25) is 9.59 Å². The highest BCUT2D eigenvalue weighted by Crippen LogP contribution is 2.53. The van der Waals surface area contributed by atoms with Crippen LogP contribution in [0.1, 0.15) is 37.3 Å². The molecule has 4 nitrogen and oxygen atoms in total. The number of benzene rings is 1. The molecule has 1 saturated carbocycles. The standard InChI is InChI=1S/C17H17ClF3NO3/c1-15(14(24)25)6-7-22(9-15)13(23)16(4-5-16)11-8-10(17(19,20)21)2-3-12(11)18/h2-3,8H,4-7,9H2,1H3,(H,24,25). The number of hydrogen-bond donors (Lipinski definition) is 1. The van der Waals surface area contributed by atoms with Crippen LogP contribution in [0.4, 0.5) is 13.2 Å². The fraction of sp³-hybridized carbons (Fsp3) is 0.529. The zero-order valence-corrected chi connectivity index (χ0v) is 14.2. The van der Waals surface area contributed by atoms with E-state index < -0.39 is 28.5 Å². The number of nitrogens with zero attached hydrogens (tertiary/aromatic N) is 1. The number of carboxylic acids is 1.